The van der Waals surface area contributed by atoms with Gasteiger partial charge in [0.1, 0.15) is 46.9 Å². The smallest absolute Gasteiger partial charge is 0.716 e. The zero-order valence-corrected chi connectivity index (χ0v) is 57.5. The summed E-state index contributed by atoms with van der Waals surface area (Å²) in [4.78, 5) is 36.1. The molecule has 5 aromatic carbocycles. The zero-order valence-electron chi connectivity index (χ0n) is 51.9. The van der Waals surface area contributed by atoms with Crippen LogP contribution in [0.15, 0.2) is 115 Å². The minimum Gasteiger partial charge on any atom is -0.716 e. The normalized spacial score (nSPS) is 24.1. The van der Waals surface area contributed by atoms with Gasteiger partial charge in [0.05, 0.1) is 5.69 Å². The molecule has 13 rings (SSSR count). The van der Waals surface area contributed by atoms with E-state index in [0.717, 1.165) is 116 Å². The van der Waals surface area contributed by atoms with Crippen LogP contribution in [0.4, 0.5) is 0 Å². The van der Waals surface area contributed by atoms with Gasteiger partial charge in [0.15, 0.2) is 0 Å². The zero-order chi connectivity index (χ0) is 62.0. The first kappa shape index (κ1) is 69.9. The van der Waals surface area contributed by atoms with E-state index >= 15 is 0 Å². The average molecular weight is 1270 g/mol. The molecule has 6 aromatic rings. The Morgan fingerprint density at radius 2 is 1.26 bits per heavy atom. The average Bonchev–Trinajstić information content (AvgIpc) is 1.78. The maximum Gasteiger partial charge on any atom is 1.00 e. The minimum absolute atomic E-state index is 0. The summed E-state index contributed by atoms with van der Waals surface area (Å²) in [7, 11) is -9.50. The molecule has 0 unspecified atom stereocenters. The predicted molar refractivity (Wildman–Crippen MR) is 327 cm³/mol. The predicted octanol–water partition coefficient (Wildman–Crippen LogP) is 6.25. The molecule has 4 saturated carbocycles. The first-order valence-electron chi connectivity index (χ1n) is 30.4. The van der Waals surface area contributed by atoms with Gasteiger partial charge in [-0.25, -0.2) is 16.8 Å². The summed E-state index contributed by atoms with van der Waals surface area (Å²) in [5.74, 6) is 3.60. The van der Waals surface area contributed by atoms with E-state index in [2.05, 4.69) is 68.9 Å². The SMILES string of the molecule is CC(=O)O.C[C@]12CC[C@@H]3c4ccc(OS(=O)(=O)[O-])cc4CC[C@H]3[C@@H]1CCC2=O.C[C@]12CC[C@H]3C(=CCc4cc(OS(=O)(=O)[O-])ccc43)[C@@H]1CCC2=O.Cc1c(-c2ccc(O)cc2)n(Cc2ccc(OCCN3CCCCCC3)cc2)c2ccc(O)cc12.[Na+].[Na+]. The fraction of sp³-hybridized carbons (Fsp3) is 0.456. The number of benzene rings is 5. The Morgan fingerprint density at radius 3 is 1.91 bits per heavy atom. The molecule has 7 atom stereocenters. The molecule has 6 aliphatic carbocycles. The number of ketones is 2. The van der Waals surface area contributed by atoms with Crippen LogP contribution >= 0.6 is 0 Å². The van der Waals surface area contributed by atoms with Crippen molar-refractivity contribution in [3.63, 3.8) is 0 Å². The first-order chi connectivity index (χ1) is 41.4. The number of phenols is 2. The molecule has 0 bridgehead atoms. The number of aromatic hydroxyl groups is 2. The van der Waals surface area contributed by atoms with Crippen LogP contribution in [-0.2, 0) is 54.6 Å². The van der Waals surface area contributed by atoms with Crippen LogP contribution in [0.3, 0.4) is 0 Å². The van der Waals surface area contributed by atoms with Gasteiger partial charge in [-0.3, -0.25) is 19.3 Å². The van der Waals surface area contributed by atoms with Crippen LogP contribution in [0, 0.1) is 35.5 Å². The number of rotatable bonds is 11. The number of aromatic nitrogens is 1. The molecule has 464 valence electrons. The Hall–Kier alpha value is -5.03. The second-order valence-electron chi connectivity index (χ2n) is 25.0. The van der Waals surface area contributed by atoms with E-state index in [1.165, 1.54) is 61.0 Å². The van der Waals surface area contributed by atoms with Crippen molar-refractivity contribution in [1.29, 1.82) is 0 Å². The van der Waals surface area contributed by atoms with Crippen molar-refractivity contribution in [2.24, 2.45) is 28.6 Å². The summed E-state index contributed by atoms with van der Waals surface area (Å²) >= 11 is 0. The third-order valence-electron chi connectivity index (χ3n) is 19.8. The number of ether oxygens (including phenoxy) is 1. The molecule has 17 nitrogen and oxygen atoms in total. The molecule has 2 heterocycles. The van der Waals surface area contributed by atoms with E-state index < -0.39 is 26.8 Å². The molecular weight excluding hydrogens is 1190 g/mol. The number of phenolic OH excluding ortho intramolecular Hbond substituents is 2. The number of hydrogen-bond acceptors (Lipinski definition) is 15. The summed E-state index contributed by atoms with van der Waals surface area (Å²) < 4.78 is 81.9. The molecule has 21 heteroatoms. The third-order valence-corrected chi connectivity index (χ3v) is 20.5. The number of aliphatic carboxylic acids is 1. The Bertz CT molecular complexity index is 3800. The third kappa shape index (κ3) is 16.2. The number of fused-ring (bicyclic) bond motifs is 11. The van der Waals surface area contributed by atoms with Gasteiger partial charge >= 0.3 is 59.1 Å². The topological polar surface area (TPSA) is 262 Å². The fourth-order valence-electron chi connectivity index (χ4n) is 15.6. The molecule has 3 N–H and O–H groups in total. The molecule has 1 saturated heterocycles. The van der Waals surface area contributed by atoms with Gasteiger partial charge in [0.25, 0.3) is 26.8 Å². The van der Waals surface area contributed by atoms with Crippen LogP contribution in [0.1, 0.15) is 149 Å². The van der Waals surface area contributed by atoms with E-state index in [4.69, 9.17) is 14.6 Å². The number of aryl methyl sites for hydroxylation is 2. The quantitative estimate of drug-likeness (QED) is 0.0560. The second-order valence-corrected chi connectivity index (χ2v) is 27.0. The van der Waals surface area contributed by atoms with E-state index in [1.54, 1.807) is 42.5 Å². The summed E-state index contributed by atoms with van der Waals surface area (Å²) in [6.45, 7) is 12.2. The Balaban J connectivity index is 0.000000169. The van der Waals surface area contributed by atoms with Crippen molar-refractivity contribution in [3.8, 4) is 40.0 Å². The molecule has 1 aliphatic heterocycles. The number of nitrogens with zero attached hydrogens (tertiary/aromatic N) is 2. The van der Waals surface area contributed by atoms with Gasteiger partial charge in [-0.05, 0) is 232 Å². The molecule has 7 aliphatic rings. The van der Waals surface area contributed by atoms with Crippen molar-refractivity contribution < 1.29 is 128 Å². The number of hydrogen-bond donors (Lipinski definition) is 3. The number of allylic oxidation sites excluding steroid dienone is 2. The van der Waals surface area contributed by atoms with Crippen LogP contribution < -0.4 is 72.2 Å². The first-order valence-corrected chi connectivity index (χ1v) is 33.1. The number of likely N-dealkylation sites (tertiary alicyclic amines) is 1. The van der Waals surface area contributed by atoms with Gasteiger partial charge < -0.3 is 42.1 Å². The van der Waals surface area contributed by atoms with E-state index in [1.807, 2.05) is 36.4 Å². The molecule has 0 spiro atoms. The number of carboxylic acid groups (broad SMARTS) is 1. The van der Waals surface area contributed by atoms with E-state index in [0.29, 0.717) is 61.0 Å². The number of carbonyl (C=O) groups excluding carboxylic acids is 2. The monoisotopic (exact) mass is 1270 g/mol. The molecule has 5 fully saturated rings. The summed E-state index contributed by atoms with van der Waals surface area (Å²) in [5.41, 5.74) is 11.0. The van der Waals surface area contributed by atoms with Crippen molar-refractivity contribution in [2.75, 3.05) is 26.2 Å². The van der Waals surface area contributed by atoms with Crippen molar-refractivity contribution in [2.45, 2.75) is 142 Å². The Kier molecular flexibility index (Phi) is 23.0. The van der Waals surface area contributed by atoms with Crippen molar-refractivity contribution in [3.05, 3.63) is 148 Å². The van der Waals surface area contributed by atoms with Crippen LogP contribution in [0.2, 0.25) is 0 Å². The van der Waals surface area contributed by atoms with Gasteiger partial charge in [-0.2, -0.15) is 0 Å². The second kappa shape index (κ2) is 29.3. The molecule has 0 amide bonds. The maximum absolute atomic E-state index is 12.3. The summed E-state index contributed by atoms with van der Waals surface area (Å²) in [6, 6.07) is 31.4. The van der Waals surface area contributed by atoms with Crippen molar-refractivity contribution >= 4 is 49.2 Å². The Labute approximate surface area is 567 Å². The van der Waals surface area contributed by atoms with Crippen LogP contribution in [0.5, 0.6) is 28.7 Å². The molecule has 89 heavy (non-hydrogen) atoms. The van der Waals surface area contributed by atoms with E-state index in [-0.39, 0.29) is 98.9 Å². The Morgan fingerprint density at radius 1 is 0.674 bits per heavy atom. The van der Waals surface area contributed by atoms with Crippen LogP contribution in [-0.4, -0.2) is 94.5 Å². The fourth-order valence-corrected chi connectivity index (χ4v) is 16.3. The minimum atomic E-state index is -4.76. The molecule has 1 aromatic heterocycles. The van der Waals surface area contributed by atoms with Gasteiger partial charge in [-0.15, -0.1) is 0 Å². The number of Topliss-reactive ketones (excluding diaryl/α,β-unsaturated/α-hetero) is 2. The molecular formula is C68H78N2Na2O15S2. The largest absolute Gasteiger partial charge is 1.00 e. The maximum atomic E-state index is 12.3. The van der Waals surface area contributed by atoms with Gasteiger partial charge in [-0.1, -0.05) is 62.6 Å². The molecule has 0 radical (unpaired) electrons. The van der Waals surface area contributed by atoms with E-state index in [9.17, 15) is 45.7 Å². The summed E-state index contributed by atoms with van der Waals surface area (Å²) in [5, 5.41) is 28.3. The van der Waals surface area contributed by atoms with Gasteiger partial charge in [0, 0.05) is 60.5 Å². The standard InChI is InChI=1S/C30H34N2O3.C18H22O5S.C18H20O5S.C2H4O2.2Na/c1-22-28-20-26(34)12-15-29(28)32(30(22)24-8-10-25(33)11-9-24)21-23-6-13-27(14-7-23)35-19-18-31-16-4-2-3-5-17-31;2*1-18-9-8-14-13-5-3-12(23-24(20,21)22)10-11(13)2-4-15(14)16(18)6-7-17(18)19;1-2(3)4;;/h6-15,20,33-34H,2-5,16-19,21H2,1H3;3,5,10,14-16H,2,4,6-9H2,1H3,(H,20,21,22);3-5,10,14,16H,2,6-9H2,1H3,(H,20,21,22);1H3,(H,3,4);;/q;;;;2*+1/p-2/t;14-,15-,16+,18+;14-,16+,18+;;;/m.11.../s1. The number of carboxylic acids is 1. The van der Waals surface area contributed by atoms with Gasteiger partial charge in [0.2, 0.25) is 0 Å². The number of carbonyl (C=O) groups is 3. The summed E-state index contributed by atoms with van der Waals surface area (Å²) in [6.07, 6.45) is 17.1. The van der Waals surface area contributed by atoms with Crippen LogP contribution in [0.25, 0.3) is 22.2 Å². The van der Waals surface area contributed by atoms with Crippen molar-refractivity contribution in [1.82, 2.24) is 9.47 Å².